The van der Waals surface area contributed by atoms with Gasteiger partial charge in [-0.2, -0.15) is 0 Å². The lowest BCUT2D eigenvalue weighted by molar-refractivity contribution is -0.385. The highest BCUT2D eigenvalue weighted by molar-refractivity contribution is 5.95. The smallest absolute Gasteiger partial charge is 0.338 e. The zero-order chi connectivity index (χ0) is 21.6. The van der Waals surface area contributed by atoms with Crippen LogP contribution in [0.3, 0.4) is 0 Å². The number of anilines is 2. The van der Waals surface area contributed by atoms with E-state index in [0.29, 0.717) is 17.3 Å². The molecule has 8 heteroatoms. The lowest BCUT2D eigenvalue weighted by Crippen LogP contribution is -2.30. The number of benzene rings is 2. The molecule has 0 aromatic heterocycles. The van der Waals surface area contributed by atoms with E-state index in [1.165, 1.54) is 12.1 Å². The fraction of sp³-hybridized carbons (Fsp3) is 0.333. The fourth-order valence-electron chi connectivity index (χ4n) is 2.93. The number of hydrogen-bond donors (Lipinski definition) is 1. The Hall–Kier alpha value is -3.42. The van der Waals surface area contributed by atoms with Crippen LogP contribution < -0.4 is 10.2 Å². The number of nitrogens with one attached hydrogen (secondary N) is 1. The van der Waals surface area contributed by atoms with Gasteiger partial charge in [0.25, 0.3) is 11.6 Å². The molecule has 1 N–H and O–H groups in total. The van der Waals surface area contributed by atoms with E-state index in [2.05, 4.69) is 31.0 Å². The van der Waals surface area contributed by atoms with Crippen molar-refractivity contribution in [2.75, 3.05) is 23.4 Å². The predicted octanol–water partition coefficient (Wildman–Crippen LogP) is 3.93. The van der Waals surface area contributed by atoms with E-state index in [1.54, 1.807) is 19.1 Å². The molecule has 2 rings (SSSR count). The van der Waals surface area contributed by atoms with Crippen LogP contribution in [0.25, 0.3) is 0 Å². The highest BCUT2D eigenvalue weighted by atomic mass is 16.6. The fourth-order valence-corrected chi connectivity index (χ4v) is 2.93. The Morgan fingerprint density at radius 3 is 2.38 bits per heavy atom. The molecule has 0 bridgehead atoms. The van der Waals surface area contributed by atoms with Crippen LogP contribution in [0.2, 0.25) is 0 Å². The van der Waals surface area contributed by atoms with Gasteiger partial charge in [0.15, 0.2) is 6.61 Å². The van der Waals surface area contributed by atoms with Gasteiger partial charge in [-0.15, -0.1) is 0 Å². The van der Waals surface area contributed by atoms with E-state index < -0.39 is 23.4 Å². The molecule has 0 radical (unpaired) electrons. The van der Waals surface area contributed by atoms with Crippen LogP contribution in [0.1, 0.15) is 36.7 Å². The van der Waals surface area contributed by atoms with Crippen molar-refractivity contribution in [2.45, 2.75) is 33.7 Å². The molecule has 0 aliphatic carbocycles. The number of aryl methyl sites for hydroxylation is 1. The second-order valence-corrected chi connectivity index (χ2v) is 6.81. The largest absolute Gasteiger partial charge is 0.452 e. The monoisotopic (exact) mass is 399 g/mol. The van der Waals surface area contributed by atoms with Gasteiger partial charge < -0.3 is 15.0 Å². The highest BCUT2D eigenvalue weighted by Crippen LogP contribution is 2.21. The number of amides is 1. The van der Waals surface area contributed by atoms with Crippen molar-refractivity contribution in [3.8, 4) is 0 Å². The number of carbonyl (C=O) groups excluding carboxylic acids is 2. The number of hydrogen-bond acceptors (Lipinski definition) is 6. The summed E-state index contributed by atoms with van der Waals surface area (Å²) in [4.78, 5) is 36.8. The SMILES string of the molecule is CCN(c1ccc(NC(=O)COC(=O)c2ccc(C)c([N+](=O)[O-])c2)cc1)C(C)C. The molecular weight excluding hydrogens is 374 g/mol. The Morgan fingerprint density at radius 1 is 1.17 bits per heavy atom. The van der Waals surface area contributed by atoms with E-state index in [4.69, 9.17) is 4.74 Å². The summed E-state index contributed by atoms with van der Waals surface area (Å²) in [5.74, 6) is -1.29. The zero-order valence-electron chi connectivity index (χ0n) is 17.0. The summed E-state index contributed by atoms with van der Waals surface area (Å²) in [5, 5.41) is 13.6. The first-order valence-electron chi connectivity index (χ1n) is 9.31. The molecule has 0 spiro atoms. The third-order valence-electron chi connectivity index (χ3n) is 4.42. The molecule has 0 fully saturated rings. The molecule has 2 aromatic carbocycles. The average Bonchev–Trinajstić information content (AvgIpc) is 2.68. The number of nitro benzene ring substituents is 1. The average molecular weight is 399 g/mol. The van der Waals surface area contributed by atoms with Crippen molar-refractivity contribution in [3.63, 3.8) is 0 Å². The predicted molar refractivity (Wildman–Crippen MR) is 111 cm³/mol. The van der Waals surface area contributed by atoms with Gasteiger partial charge in [0.1, 0.15) is 0 Å². The molecule has 0 unspecified atom stereocenters. The summed E-state index contributed by atoms with van der Waals surface area (Å²) in [6.45, 7) is 8.25. The van der Waals surface area contributed by atoms with Gasteiger partial charge in [-0.05, 0) is 58.0 Å². The minimum Gasteiger partial charge on any atom is -0.452 e. The molecule has 0 aliphatic heterocycles. The van der Waals surface area contributed by atoms with Crippen molar-refractivity contribution in [3.05, 3.63) is 63.7 Å². The maximum Gasteiger partial charge on any atom is 0.338 e. The Kier molecular flexibility index (Phi) is 7.30. The van der Waals surface area contributed by atoms with E-state index in [1.807, 2.05) is 12.1 Å². The molecular formula is C21H25N3O5. The van der Waals surface area contributed by atoms with Crippen molar-refractivity contribution in [1.82, 2.24) is 0 Å². The van der Waals surface area contributed by atoms with Gasteiger partial charge in [0, 0.05) is 35.6 Å². The standard InChI is InChI=1S/C21H25N3O5/c1-5-23(14(2)3)18-10-8-17(9-11-18)22-20(25)13-29-21(26)16-7-6-15(4)19(12-16)24(27)28/h6-12,14H,5,13H2,1-4H3,(H,22,25). The summed E-state index contributed by atoms with van der Waals surface area (Å²) in [6, 6.07) is 11.8. The molecule has 0 aliphatic rings. The maximum atomic E-state index is 12.1. The molecule has 2 aromatic rings. The Bertz CT molecular complexity index is 894. The van der Waals surface area contributed by atoms with Crippen molar-refractivity contribution < 1.29 is 19.2 Å². The Morgan fingerprint density at radius 2 is 1.83 bits per heavy atom. The highest BCUT2D eigenvalue weighted by Gasteiger charge is 2.17. The number of nitro groups is 1. The first-order valence-corrected chi connectivity index (χ1v) is 9.31. The van der Waals surface area contributed by atoms with Crippen LogP contribution in [0.5, 0.6) is 0 Å². The van der Waals surface area contributed by atoms with E-state index in [9.17, 15) is 19.7 Å². The molecule has 0 heterocycles. The summed E-state index contributed by atoms with van der Waals surface area (Å²) in [6.07, 6.45) is 0. The van der Waals surface area contributed by atoms with E-state index >= 15 is 0 Å². The quantitative estimate of drug-likeness (QED) is 0.410. The molecule has 8 nitrogen and oxygen atoms in total. The summed E-state index contributed by atoms with van der Waals surface area (Å²) in [5.41, 5.74) is 1.92. The van der Waals surface area contributed by atoms with Crippen molar-refractivity contribution in [2.24, 2.45) is 0 Å². The zero-order valence-corrected chi connectivity index (χ0v) is 17.0. The first-order chi connectivity index (χ1) is 13.7. The second-order valence-electron chi connectivity index (χ2n) is 6.81. The molecule has 0 atom stereocenters. The summed E-state index contributed by atoms with van der Waals surface area (Å²) < 4.78 is 4.97. The number of rotatable bonds is 8. The number of nitrogens with zero attached hydrogens (tertiary/aromatic N) is 2. The molecule has 29 heavy (non-hydrogen) atoms. The molecule has 154 valence electrons. The van der Waals surface area contributed by atoms with E-state index in [-0.39, 0.29) is 11.3 Å². The Labute approximate surface area is 169 Å². The molecule has 1 amide bonds. The van der Waals surface area contributed by atoms with Gasteiger partial charge in [0.2, 0.25) is 0 Å². The third kappa shape index (κ3) is 5.78. The maximum absolute atomic E-state index is 12.1. The van der Waals surface area contributed by atoms with Crippen molar-refractivity contribution in [1.29, 1.82) is 0 Å². The van der Waals surface area contributed by atoms with Crippen LogP contribution in [-0.2, 0) is 9.53 Å². The van der Waals surface area contributed by atoms with Crippen LogP contribution in [0.15, 0.2) is 42.5 Å². The molecule has 0 saturated carbocycles. The van der Waals surface area contributed by atoms with Crippen LogP contribution in [0, 0.1) is 17.0 Å². The van der Waals surface area contributed by atoms with Gasteiger partial charge in [0.05, 0.1) is 10.5 Å². The van der Waals surface area contributed by atoms with Crippen LogP contribution in [0.4, 0.5) is 17.1 Å². The van der Waals surface area contributed by atoms with E-state index in [0.717, 1.165) is 18.3 Å². The Balaban J connectivity index is 1.94. The number of carbonyl (C=O) groups is 2. The van der Waals surface area contributed by atoms with Crippen LogP contribution in [-0.4, -0.2) is 36.0 Å². The minimum absolute atomic E-state index is 0.0211. The summed E-state index contributed by atoms with van der Waals surface area (Å²) in [7, 11) is 0. The lowest BCUT2D eigenvalue weighted by atomic mass is 10.1. The number of ether oxygens (including phenoxy) is 1. The normalized spacial score (nSPS) is 10.5. The van der Waals surface area contributed by atoms with Gasteiger partial charge >= 0.3 is 5.97 Å². The van der Waals surface area contributed by atoms with Gasteiger partial charge in [-0.25, -0.2) is 4.79 Å². The third-order valence-corrected chi connectivity index (χ3v) is 4.42. The second kappa shape index (κ2) is 9.68. The first kappa shape index (κ1) is 21.9. The van der Waals surface area contributed by atoms with Crippen molar-refractivity contribution >= 4 is 28.9 Å². The van der Waals surface area contributed by atoms with Crippen LogP contribution >= 0.6 is 0 Å². The summed E-state index contributed by atoms with van der Waals surface area (Å²) >= 11 is 0. The number of esters is 1. The topological polar surface area (TPSA) is 102 Å². The van der Waals surface area contributed by atoms with Gasteiger partial charge in [-0.1, -0.05) is 6.07 Å². The minimum atomic E-state index is -0.797. The van der Waals surface area contributed by atoms with Gasteiger partial charge in [-0.3, -0.25) is 14.9 Å². The lowest BCUT2D eigenvalue weighted by Gasteiger charge is -2.27. The molecule has 0 saturated heterocycles.